The zero-order valence-electron chi connectivity index (χ0n) is 9.60. The molecule has 1 aromatic carbocycles. The highest BCUT2D eigenvalue weighted by molar-refractivity contribution is 9.09. The molecule has 2 aromatic rings. The van der Waals surface area contributed by atoms with Crippen molar-refractivity contribution in [1.29, 1.82) is 0 Å². The van der Waals surface area contributed by atoms with E-state index in [0.29, 0.717) is 0 Å². The summed E-state index contributed by atoms with van der Waals surface area (Å²) in [5.74, 6) is 0. The topological polar surface area (TPSA) is 34.9 Å². The second-order valence-corrected chi connectivity index (χ2v) is 4.78. The fourth-order valence-corrected chi connectivity index (χ4v) is 2.28. The zero-order valence-corrected chi connectivity index (χ0v) is 11.2. The number of aryl methyl sites for hydroxylation is 1. The van der Waals surface area contributed by atoms with Gasteiger partial charge >= 0.3 is 0 Å². The number of nitrogens with zero attached hydrogens (tertiary/aromatic N) is 2. The number of benzene rings is 1. The van der Waals surface area contributed by atoms with E-state index in [1.807, 2.05) is 28.8 Å². The van der Waals surface area contributed by atoms with Crippen molar-refractivity contribution >= 4 is 27.0 Å². The fourth-order valence-electron chi connectivity index (χ4n) is 1.89. The molecule has 0 radical (unpaired) electrons. The van der Waals surface area contributed by atoms with Crippen molar-refractivity contribution in [2.75, 3.05) is 5.33 Å². The molecular formula is C13H15BrN2O. The molecule has 0 fully saturated rings. The van der Waals surface area contributed by atoms with E-state index in [-0.39, 0.29) is 5.56 Å². The van der Waals surface area contributed by atoms with Crippen LogP contribution in [0.3, 0.4) is 0 Å². The van der Waals surface area contributed by atoms with E-state index < -0.39 is 0 Å². The van der Waals surface area contributed by atoms with Gasteiger partial charge in [-0.25, -0.2) is 4.98 Å². The van der Waals surface area contributed by atoms with Gasteiger partial charge in [0.05, 0.1) is 17.2 Å². The summed E-state index contributed by atoms with van der Waals surface area (Å²) in [5, 5.41) is 1.03. The van der Waals surface area contributed by atoms with E-state index in [1.165, 1.54) is 6.20 Å². The van der Waals surface area contributed by atoms with E-state index >= 15 is 0 Å². The molecule has 4 heteroatoms. The average molecular weight is 295 g/mol. The summed E-state index contributed by atoms with van der Waals surface area (Å²) in [7, 11) is 0. The monoisotopic (exact) mass is 294 g/mol. The van der Waals surface area contributed by atoms with Gasteiger partial charge in [-0.2, -0.15) is 0 Å². The first kappa shape index (κ1) is 12.3. The number of alkyl halides is 1. The van der Waals surface area contributed by atoms with Crippen LogP contribution in [0.15, 0.2) is 35.3 Å². The van der Waals surface area contributed by atoms with Crippen LogP contribution in [-0.2, 0) is 6.54 Å². The van der Waals surface area contributed by atoms with E-state index in [9.17, 15) is 4.79 Å². The maximum absolute atomic E-state index is 11.8. The van der Waals surface area contributed by atoms with Gasteiger partial charge in [-0.15, -0.1) is 0 Å². The molecule has 0 spiro atoms. The Morgan fingerprint density at radius 3 is 2.82 bits per heavy atom. The van der Waals surface area contributed by atoms with Gasteiger partial charge in [0.1, 0.15) is 0 Å². The number of rotatable bonds is 5. The highest BCUT2D eigenvalue weighted by Crippen LogP contribution is 2.09. The SMILES string of the molecule is O=c1cnc2ccccc2n1CCCCCBr. The van der Waals surface area contributed by atoms with Gasteiger partial charge in [0, 0.05) is 11.9 Å². The Hall–Kier alpha value is -1.16. The molecule has 0 unspecified atom stereocenters. The Kier molecular flexibility index (Phi) is 4.31. The lowest BCUT2D eigenvalue weighted by molar-refractivity contribution is 0.603. The highest BCUT2D eigenvalue weighted by atomic mass is 79.9. The lowest BCUT2D eigenvalue weighted by Crippen LogP contribution is -2.20. The number of fused-ring (bicyclic) bond motifs is 1. The van der Waals surface area contributed by atoms with E-state index in [1.54, 1.807) is 0 Å². The summed E-state index contributed by atoms with van der Waals surface area (Å²) in [6, 6.07) is 7.77. The predicted molar refractivity (Wildman–Crippen MR) is 73.6 cm³/mol. The van der Waals surface area contributed by atoms with Crippen LogP contribution in [-0.4, -0.2) is 14.9 Å². The number of unbranched alkanes of at least 4 members (excludes halogenated alkanes) is 2. The first-order valence-electron chi connectivity index (χ1n) is 5.83. The molecule has 1 aromatic heterocycles. The van der Waals surface area contributed by atoms with Crippen molar-refractivity contribution in [3.63, 3.8) is 0 Å². The van der Waals surface area contributed by atoms with Crippen LogP contribution >= 0.6 is 15.9 Å². The van der Waals surface area contributed by atoms with Gasteiger partial charge in [-0.3, -0.25) is 4.79 Å². The van der Waals surface area contributed by atoms with Gasteiger partial charge < -0.3 is 4.57 Å². The maximum Gasteiger partial charge on any atom is 0.269 e. The van der Waals surface area contributed by atoms with Crippen molar-refractivity contribution in [3.05, 3.63) is 40.8 Å². The molecule has 0 saturated heterocycles. The Morgan fingerprint density at radius 1 is 1.18 bits per heavy atom. The normalized spacial score (nSPS) is 10.9. The molecule has 0 aliphatic carbocycles. The Balaban J connectivity index is 2.25. The van der Waals surface area contributed by atoms with Gasteiger partial charge in [-0.1, -0.05) is 34.5 Å². The summed E-state index contributed by atoms with van der Waals surface area (Å²) >= 11 is 3.41. The summed E-state index contributed by atoms with van der Waals surface area (Å²) in [6.07, 6.45) is 4.72. The van der Waals surface area contributed by atoms with Gasteiger partial charge in [0.15, 0.2) is 0 Å². The minimum absolute atomic E-state index is 0.0115. The first-order chi connectivity index (χ1) is 8.33. The van der Waals surface area contributed by atoms with Crippen LogP contribution in [0, 0.1) is 0 Å². The second-order valence-electron chi connectivity index (χ2n) is 3.99. The predicted octanol–water partition coefficient (Wildman–Crippen LogP) is 2.96. The molecule has 0 N–H and O–H groups in total. The smallest absolute Gasteiger partial charge is 0.269 e. The highest BCUT2D eigenvalue weighted by Gasteiger charge is 2.02. The molecule has 3 nitrogen and oxygen atoms in total. The molecule has 90 valence electrons. The van der Waals surface area contributed by atoms with Crippen molar-refractivity contribution in [2.24, 2.45) is 0 Å². The quantitative estimate of drug-likeness (QED) is 0.628. The summed E-state index contributed by atoms with van der Waals surface area (Å²) in [6.45, 7) is 0.773. The largest absolute Gasteiger partial charge is 0.305 e. The minimum atomic E-state index is -0.0115. The Labute approximate surface area is 109 Å². The number of hydrogen-bond donors (Lipinski definition) is 0. The summed E-state index contributed by atoms with van der Waals surface area (Å²) in [4.78, 5) is 15.9. The van der Waals surface area contributed by atoms with E-state index in [2.05, 4.69) is 20.9 Å². The van der Waals surface area contributed by atoms with E-state index in [0.717, 1.165) is 42.2 Å². The lowest BCUT2D eigenvalue weighted by atomic mass is 10.2. The molecule has 17 heavy (non-hydrogen) atoms. The molecule has 0 bridgehead atoms. The van der Waals surface area contributed by atoms with Crippen molar-refractivity contribution in [1.82, 2.24) is 9.55 Å². The van der Waals surface area contributed by atoms with Crippen LogP contribution in [0.4, 0.5) is 0 Å². The van der Waals surface area contributed by atoms with Crippen molar-refractivity contribution in [2.45, 2.75) is 25.8 Å². The molecule has 0 aliphatic heterocycles. The minimum Gasteiger partial charge on any atom is -0.305 e. The number of para-hydroxylation sites is 2. The standard InChI is InChI=1S/C13H15BrN2O/c14-8-4-1-5-9-16-12-7-3-2-6-11(12)15-10-13(16)17/h2-3,6-7,10H,1,4-5,8-9H2. The molecule has 2 rings (SSSR count). The number of aromatic nitrogens is 2. The zero-order chi connectivity index (χ0) is 12.1. The van der Waals surface area contributed by atoms with Crippen LogP contribution in [0.2, 0.25) is 0 Å². The van der Waals surface area contributed by atoms with Crippen molar-refractivity contribution < 1.29 is 0 Å². The van der Waals surface area contributed by atoms with Crippen molar-refractivity contribution in [3.8, 4) is 0 Å². The molecule has 0 saturated carbocycles. The molecule has 0 atom stereocenters. The van der Waals surface area contributed by atoms with Crippen LogP contribution < -0.4 is 5.56 Å². The average Bonchev–Trinajstić information content (AvgIpc) is 2.37. The number of hydrogen-bond acceptors (Lipinski definition) is 2. The van der Waals surface area contributed by atoms with Crippen LogP contribution in [0.25, 0.3) is 11.0 Å². The molecule has 1 heterocycles. The third kappa shape index (κ3) is 2.94. The second kappa shape index (κ2) is 5.96. The third-order valence-corrected chi connectivity index (χ3v) is 3.33. The molecular weight excluding hydrogens is 280 g/mol. The lowest BCUT2D eigenvalue weighted by Gasteiger charge is -2.08. The summed E-state index contributed by atoms with van der Waals surface area (Å²) < 4.78 is 1.82. The molecule has 0 amide bonds. The Bertz CT molecular complexity index is 550. The van der Waals surface area contributed by atoms with Gasteiger partial charge in [0.2, 0.25) is 0 Å². The van der Waals surface area contributed by atoms with Crippen LogP contribution in [0.1, 0.15) is 19.3 Å². The third-order valence-electron chi connectivity index (χ3n) is 2.77. The maximum atomic E-state index is 11.8. The summed E-state index contributed by atoms with van der Waals surface area (Å²) in [5.41, 5.74) is 1.80. The number of halogens is 1. The van der Waals surface area contributed by atoms with Gasteiger partial charge in [0.25, 0.3) is 5.56 Å². The van der Waals surface area contributed by atoms with Gasteiger partial charge in [-0.05, 0) is 25.0 Å². The first-order valence-corrected chi connectivity index (χ1v) is 6.95. The fraction of sp³-hybridized carbons (Fsp3) is 0.385. The Morgan fingerprint density at radius 2 is 2.00 bits per heavy atom. The van der Waals surface area contributed by atoms with E-state index in [4.69, 9.17) is 0 Å². The molecule has 0 aliphatic rings. The van der Waals surface area contributed by atoms with Crippen LogP contribution in [0.5, 0.6) is 0 Å².